The molecule has 5 rings (SSSR count). The predicted octanol–water partition coefficient (Wildman–Crippen LogP) is 0.722. The molecule has 1 saturated heterocycles. The van der Waals surface area contributed by atoms with Gasteiger partial charge in [-0.3, -0.25) is 24.5 Å². The van der Waals surface area contributed by atoms with Crippen molar-refractivity contribution in [2.45, 2.75) is 6.54 Å². The number of benzene rings is 3. The number of nitrogens with one attached hydrogen (secondary N) is 2. The van der Waals surface area contributed by atoms with E-state index in [4.69, 9.17) is 14.8 Å². The van der Waals surface area contributed by atoms with Crippen molar-refractivity contribution in [2.24, 2.45) is 4.99 Å². The van der Waals surface area contributed by atoms with Gasteiger partial charge in [-0.05, 0) is 24.3 Å². The van der Waals surface area contributed by atoms with Crippen molar-refractivity contribution in [3.63, 3.8) is 0 Å². The van der Waals surface area contributed by atoms with Gasteiger partial charge in [0.15, 0.2) is 5.43 Å². The Hall–Kier alpha value is -2.89. The van der Waals surface area contributed by atoms with Crippen LogP contribution in [0.3, 0.4) is 0 Å². The van der Waals surface area contributed by atoms with E-state index in [1.165, 1.54) is 12.1 Å². The summed E-state index contributed by atoms with van der Waals surface area (Å²) < 4.78 is 7.31. The van der Waals surface area contributed by atoms with E-state index in [-0.39, 0.29) is 46.7 Å². The minimum absolute atomic E-state index is 0. The molecule has 0 amide bonds. The number of rotatable bonds is 8. The molecule has 35 heavy (non-hydrogen) atoms. The van der Waals surface area contributed by atoms with Crippen molar-refractivity contribution >= 4 is 45.0 Å². The van der Waals surface area contributed by atoms with Crippen LogP contribution < -0.4 is 16.1 Å². The van der Waals surface area contributed by atoms with E-state index >= 15 is 0 Å². The van der Waals surface area contributed by atoms with Crippen molar-refractivity contribution in [3.8, 4) is 11.5 Å². The molecule has 1 aromatic heterocycles. The van der Waals surface area contributed by atoms with Crippen LogP contribution in [0.2, 0.25) is 0 Å². The topological polar surface area (TPSA) is 135 Å². The van der Waals surface area contributed by atoms with Crippen molar-refractivity contribution in [1.29, 1.82) is 0 Å². The maximum Gasteiger partial charge on any atom is 0.189 e. The minimum Gasteiger partial charge on any atom is -0.507 e. The standard InChI is InChI=1S/C24H29N5O5.ClH/c30-12-7-25-5-9-29-16-2-1-15(26-6-8-28-10-13-34-14-11-28)19-20(16)23(27-29)21-17(31)3-4-18(32)22(21)24(19)33;/h1-4,25,27,30,32-33H,5-14H2;1H. The van der Waals surface area contributed by atoms with Gasteiger partial charge < -0.3 is 25.4 Å². The number of aromatic amines is 1. The number of aliphatic hydroxyl groups excluding tert-OH is 1. The number of fused-ring (bicyclic) bond motifs is 2. The number of halogens is 1. The van der Waals surface area contributed by atoms with Gasteiger partial charge in [-0.15, -0.1) is 12.4 Å². The maximum absolute atomic E-state index is 12.8. The summed E-state index contributed by atoms with van der Waals surface area (Å²) in [6.45, 7) is 6.23. The van der Waals surface area contributed by atoms with Gasteiger partial charge in [0.05, 0.1) is 65.5 Å². The highest BCUT2D eigenvalue weighted by molar-refractivity contribution is 6.23. The number of hydrogen-bond donors (Lipinski definition) is 5. The first-order valence-corrected chi connectivity index (χ1v) is 11.6. The summed E-state index contributed by atoms with van der Waals surface area (Å²) in [4.78, 5) is 19.9. The van der Waals surface area contributed by atoms with E-state index in [1.807, 2.05) is 16.8 Å². The molecule has 0 bridgehead atoms. The van der Waals surface area contributed by atoms with Crippen LogP contribution in [0.15, 0.2) is 34.1 Å². The van der Waals surface area contributed by atoms with Gasteiger partial charge in [0, 0.05) is 38.1 Å². The molecular formula is C24H30ClN5O5. The fraction of sp³-hybridized carbons (Fsp3) is 0.417. The summed E-state index contributed by atoms with van der Waals surface area (Å²) in [5.41, 5.74) is 1.10. The highest BCUT2D eigenvalue weighted by Gasteiger charge is 2.22. The number of hydrogen-bond acceptors (Lipinski definition) is 8. The van der Waals surface area contributed by atoms with E-state index in [0.29, 0.717) is 47.8 Å². The molecule has 1 aliphatic heterocycles. The SMILES string of the molecule is Cl.O=c1ccc(O)c2c(O)c3c(=NCCN4CCOCC4)ccc4c3c([nH]n4CCNCCO)c12. The fourth-order valence-electron chi connectivity index (χ4n) is 4.76. The molecule has 0 spiro atoms. The number of aliphatic hydroxyl groups is 1. The first-order valence-electron chi connectivity index (χ1n) is 11.6. The van der Waals surface area contributed by atoms with Crippen molar-refractivity contribution in [3.05, 3.63) is 39.8 Å². The summed E-state index contributed by atoms with van der Waals surface area (Å²) in [5.74, 6) is -0.294. The number of aromatic nitrogens is 2. The maximum atomic E-state index is 12.8. The van der Waals surface area contributed by atoms with Crippen molar-refractivity contribution in [1.82, 2.24) is 20.0 Å². The molecular weight excluding hydrogens is 474 g/mol. The van der Waals surface area contributed by atoms with E-state index in [9.17, 15) is 15.0 Å². The molecule has 3 aromatic carbocycles. The molecule has 0 unspecified atom stereocenters. The van der Waals surface area contributed by atoms with E-state index in [2.05, 4.69) is 15.3 Å². The lowest BCUT2D eigenvalue weighted by atomic mass is 9.99. The summed E-state index contributed by atoms with van der Waals surface area (Å²) in [6, 6.07) is 6.42. The van der Waals surface area contributed by atoms with Crippen molar-refractivity contribution < 1.29 is 20.1 Å². The number of aromatic hydroxyl groups is 2. The smallest absolute Gasteiger partial charge is 0.189 e. The summed E-state index contributed by atoms with van der Waals surface area (Å²) in [7, 11) is 0. The second-order valence-electron chi connectivity index (χ2n) is 8.48. The zero-order chi connectivity index (χ0) is 23.7. The average molecular weight is 504 g/mol. The molecule has 1 aliphatic rings. The molecule has 10 nitrogen and oxygen atoms in total. The van der Waals surface area contributed by atoms with Crippen molar-refractivity contribution in [2.75, 3.05) is 59.1 Å². The van der Waals surface area contributed by atoms with Crippen LogP contribution in [0.4, 0.5) is 0 Å². The third kappa shape index (κ3) is 4.67. The molecule has 2 heterocycles. The van der Waals surface area contributed by atoms with E-state index in [0.717, 1.165) is 38.4 Å². The normalized spacial score (nSPS) is 15.4. The highest BCUT2D eigenvalue weighted by atomic mass is 35.5. The largest absolute Gasteiger partial charge is 0.507 e. The van der Waals surface area contributed by atoms with Crippen LogP contribution in [-0.2, 0) is 11.3 Å². The Morgan fingerprint density at radius 1 is 1.00 bits per heavy atom. The zero-order valence-electron chi connectivity index (χ0n) is 19.3. The molecule has 0 atom stereocenters. The van der Waals surface area contributed by atoms with Crippen LogP contribution in [0.5, 0.6) is 11.5 Å². The Balaban J connectivity index is 0.00000289. The van der Waals surface area contributed by atoms with E-state index < -0.39 is 0 Å². The van der Waals surface area contributed by atoms with Gasteiger partial charge in [0.25, 0.3) is 0 Å². The van der Waals surface area contributed by atoms with Gasteiger partial charge in [-0.2, -0.15) is 0 Å². The second kappa shape index (κ2) is 10.8. The van der Waals surface area contributed by atoms with Crippen LogP contribution in [0.1, 0.15) is 0 Å². The molecule has 1 fully saturated rings. The average Bonchev–Trinajstić information content (AvgIpc) is 3.21. The molecule has 4 aromatic rings. The first-order chi connectivity index (χ1) is 16.6. The van der Waals surface area contributed by atoms with E-state index in [1.54, 1.807) is 0 Å². The number of H-pyrrole nitrogens is 1. The van der Waals surface area contributed by atoms with Gasteiger partial charge in [0.2, 0.25) is 0 Å². The number of phenols is 2. The lowest BCUT2D eigenvalue weighted by Gasteiger charge is -2.25. The molecule has 0 radical (unpaired) electrons. The first kappa shape index (κ1) is 25.2. The quantitative estimate of drug-likeness (QED) is 0.176. The van der Waals surface area contributed by atoms with Crippen LogP contribution in [0, 0.1) is 0 Å². The van der Waals surface area contributed by atoms with Gasteiger partial charge >= 0.3 is 0 Å². The lowest BCUT2D eigenvalue weighted by Crippen LogP contribution is -2.37. The number of ether oxygens (including phenoxy) is 1. The summed E-state index contributed by atoms with van der Waals surface area (Å²) in [6.07, 6.45) is 0. The molecule has 188 valence electrons. The van der Waals surface area contributed by atoms with Crippen LogP contribution in [0.25, 0.3) is 32.6 Å². The van der Waals surface area contributed by atoms with Crippen LogP contribution in [-0.4, -0.2) is 89.1 Å². The Morgan fingerprint density at radius 2 is 1.80 bits per heavy atom. The Morgan fingerprint density at radius 3 is 2.57 bits per heavy atom. The third-order valence-corrected chi connectivity index (χ3v) is 6.42. The monoisotopic (exact) mass is 503 g/mol. The molecule has 0 aliphatic carbocycles. The zero-order valence-corrected chi connectivity index (χ0v) is 20.1. The number of morpholine rings is 1. The van der Waals surface area contributed by atoms with Crippen LogP contribution >= 0.6 is 12.4 Å². The minimum atomic E-state index is -0.284. The molecule has 11 heteroatoms. The fourth-order valence-corrected chi connectivity index (χ4v) is 4.76. The third-order valence-electron chi connectivity index (χ3n) is 6.42. The number of nitrogens with zero attached hydrogens (tertiary/aromatic N) is 3. The highest BCUT2D eigenvalue weighted by Crippen LogP contribution is 2.41. The Bertz CT molecular complexity index is 1440. The predicted molar refractivity (Wildman–Crippen MR) is 137 cm³/mol. The molecule has 0 saturated carbocycles. The van der Waals surface area contributed by atoms with Gasteiger partial charge in [-0.1, -0.05) is 0 Å². The second-order valence-corrected chi connectivity index (χ2v) is 8.48. The Labute approximate surface area is 207 Å². The Kier molecular flexibility index (Phi) is 7.78. The van der Waals surface area contributed by atoms with Gasteiger partial charge in [-0.25, -0.2) is 0 Å². The summed E-state index contributed by atoms with van der Waals surface area (Å²) in [5, 5.41) is 39.5. The summed E-state index contributed by atoms with van der Waals surface area (Å²) >= 11 is 0. The lowest BCUT2D eigenvalue weighted by molar-refractivity contribution is 0.0394. The number of phenolic OH excluding ortho intramolecular Hbond substituents is 2. The molecule has 5 N–H and O–H groups in total. The van der Waals surface area contributed by atoms with Gasteiger partial charge in [0.1, 0.15) is 11.5 Å².